The van der Waals surface area contributed by atoms with Gasteiger partial charge >= 0.3 is 0 Å². The van der Waals surface area contributed by atoms with Gasteiger partial charge in [0.05, 0.1) is 9.83 Å². The van der Waals surface area contributed by atoms with Crippen LogP contribution in [0.25, 0.3) is 0 Å². The van der Waals surface area contributed by atoms with Crippen LogP contribution in [0.5, 0.6) is 0 Å². The van der Waals surface area contributed by atoms with Crippen LogP contribution in [0.2, 0.25) is 0 Å². The van der Waals surface area contributed by atoms with E-state index in [1.807, 2.05) is 22.7 Å². The summed E-state index contributed by atoms with van der Waals surface area (Å²) in [6.07, 6.45) is 1.16. The van der Waals surface area contributed by atoms with Crippen molar-refractivity contribution in [2.24, 2.45) is 0 Å². The average molecular weight is 330 g/mol. The van der Waals surface area contributed by atoms with Crippen LogP contribution in [0.15, 0.2) is 27.4 Å². The van der Waals surface area contributed by atoms with E-state index in [0.29, 0.717) is 6.04 Å². The summed E-state index contributed by atoms with van der Waals surface area (Å²) in [5, 5.41) is 5.82. The molecule has 2 aromatic heterocycles. The van der Waals surface area contributed by atoms with Crippen LogP contribution in [0, 0.1) is 6.92 Å². The van der Waals surface area contributed by atoms with Gasteiger partial charge in [-0.15, -0.1) is 22.7 Å². The molecule has 0 bridgehead atoms. The highest BCUT2D eigenvalue weighted by molar-refractivity contribution is 9.11. The van der Waals surface area contributed by atoms with Crippen molar-refractivity contribution in [3.8, 4) is 0 Å². The van der Waals surface area contributed by atoms with Crippen LogP contribution < -0.4 is 5.32 Å². The van der Waals surface area contributed by atoms with Gasteiger partial charge in [0.15, 0.2) is 0 Å². The molecule has 1 nitrogen and oxygen atoms in total. The van der Waals surface area contributed by atoms with E-state index < -0.39 is 0 Å². The zero-order valence-corrected chi connectivity index (χ0v) is 13.2. The molecule has 1 N–H and O–H groups in total. The summed E-state index contributed by atoms with van der Waals surface area (Å²) < 4.78 is 1.20. The maximum absolute atomic E-state index is 3.64. The van der Waals surface area contributed by atoms with Crippen molar-refractivity contribution in [3.05, 3.63) is 42.7 Å². The van der Waals surface area contributed by atoms with Gasteiger partial charge in [0.2, 0.25) is 0 Å². The second-order valence-electron chi connectivity index (χ2n) is 4.00. The molecule has 1 atom stereocenters. The van der Waals surface area contributed by atoms with E-state index in [-0.39, 0.29) is 0 Å². The summed E-state index contributed by atoms with van der Waals surface area (Å²) in [7, 11) is 0. The molecule has 17 heavy (non-hydrogen) atoms. The Kier molecular flexibility index (Phi) is 4.79. The quantitative estimate of drug-likeness (QED) is 0.816. The van der Waals surface area contributed by atoms with Crippen molar-refractivity contribution in [1.29, 1.82) is 0 Å². The molecule has 0 aliphatic heterocycles. The number of rotatable bonds is 5. The smallest absolute Gasteiger partial charge is 0.0767 e. The largest absolute Gasteiger partial charge is 0.305 e. The molecule has 2 rings (SSSR count). The Morgan fingerprint density at radius 3 is 2.71 bits per heavy atom. The van der Waals surface area contributed by atoms with Crippen LogP contribution in [0.3, 0.4) is 0 Å². The van der Waals surface area contributed by atoms with Crippen molar-refractivity contribution < 1.29 is 0 Å². The van der Waals surface area contributed by atoms with Gasteiger partial charge in [-0.3, -0.25) is 0 Å². The molecule has 2 heterocycles. The molecule has 0 radical (unpaired) electrons. The fourth-order valence-electron chi connectivity index (χ4n) is 1.77. The highest BCUT2D eigenvalue weighted by atomic mass is 79.9. The van der Waals surface area contributed by atoms with Crippen LogP contribution in [0.1, 0.15) is 34.7 Å². The molecular formula is C13H16BrNS2. The Hall–Kier alpha value is -0.160. The number of hydrogen-bond acceptors (Lipinski definition) is 3. The summed E-state index contributed by atoms with van der Waals surface area (Å²) in [4.78, 5) is 2.82. The topological polar surface area (TPSA) is 12.0 Å². The second-order valence-corrected chi connectivity index (χ2v) is 7.44. The minimum Gasteiger partial charge on any atom is -0.305 e. The molecule has 0 saturated carbocycles. The van der Waals surface area contributed by atoms with Crippen LogP contribution in [-0.2, 0) is 0 Å². The molecule has 0 fully saturated rings. The van der Waals surface area contributed by atoms with Crippen molar-refractivity contribution in [2.75, 3.05) is 6.54 Å². The minimum atomic E-state index is 0.353. The van der Waals surface area contributed by atoms with Crippen molar-refractivity contribution in [2.45, 2.75) is 26.3 Å². The first-order chi connectivity index (χ1) is 8.22. The molecule has 0 amide bonds. The van der Waals surface area contributed by atoms with E-state index in [9.17, 15) is 0 Å². The Balaban J connectivity index is 2.28. The maximum Gasteiger partial charge on any atom is 0.0767 e. The lowest BCUT2D eigenvalue weighted by Gasteiger charge is -2.16. The predicted octanol–water partition coefficient (Wildman–Crippen LogP) is 4.97. The van der Waals surface area contributed by atoms with E-state index in [2.05, 4.69) is 58.7 Å². The van der Waals surface area contributed by atoms with E-state index >= 15 is 0 Å². The molecule has 0 aliphatic carbocycles. The third-order valence-corrected chi connectivity index (χ3v) is 5.41. The molecule has 2 aromatic rings. The lowest BCUT2D eigenvalue weighted by molar-refractivity contribution is 0.611. The number of halogens is 1. The summed E-state index contributed by atoms with van der Waals surface area (Å²) >= 11 is 7.20. The lowest BCUT2D eigenvalue weighted by Crippen LogP contribution is -2.22. The molecule has 0 saturated heterocycles. The van der Waals surface area contributed by atoms with E-state index in [4.69, 9.17) is 0 Å². The third-order valence-electron chi connectivity index (χ3n) is 2.64. The van der Waals surface area contributed by atoms with Gasteiger partial charge in [0.25, 0.3) is 0 Å². The fraction of sp³-hybridized carbons (Fsp3) is 0.385. The van der Waals surface area contributed by atoms with Crippen LogP contribution in [0.4, 0.5) is 0 Å². The van der Waals surface area contributed by atoms with Gasteiger partial charge in [-0.1, -0.05) is 6.92 Å². The molecular weight excluding hydrogens is 314 g/mol. The number of nitrogens with one attached hydrogen (secondary N) is 1. The van der Waals surface area contributed by atoms with E-state index in [0.717, 1.165) is 13.0 Å². The van der Waals surface area contributed by atoms with Crippen LogP contribution >= 0.6 is 38.6 Å². The number of hydrogen-bond donors (Lipinski definition) is 1. The summed E-state index contributed by atoms with van der Waals surface area (Å²) in [6, 6.07) is 6.89. The highest BCUT2D eigenvalue weighted by Crippen LogP contribution is 2.34. The van der Waals surface area contributed by atoms with Gasteiger partial charge in [-0.2, -0.15) is 0 Å². The number of aryl methyl sites for hydroxylation is 1. The Morgan fingerprint density at radius 1 is 1.35 bits per heavy atom. The van der Waals surface area contributed by atoms with Crippen LogP contribution in [-0.4, -0.2) is 6.54 Å². The van der Waals surface area contributed by atoms with E-state index in [1.54, 1.807) is 0 Å². The predicted molar refractivity (Wildman–Crippen MR) is 81.2 cm³/mol. The third kappa shape index (κ3) is 3.19. The molecule has 0 spiro atoms. The maximum atomic E-state index is 3.64. The van der Waals surface area contributed by atoms with Gasteiger partial charge in [0, 0.05) is 9.75 Å². The van der Waals surface area contributed by atoms with Crippen molar-refractivity contribution in [3.63, 3.8) is 0 Å². The van der Waals surface area contributed by atoms with Crippen molar-refractivity contribution in [1.82, 2.24) is 5.32 Å². The molecule has 0 aromatic carbocycles. The van der Waals surface area contributed by atoms with Gasteiger partial charge in [-0.05, 0) is 65.0 Å². The van der Waals surface area contributed by atoms with Crippen molar-refractivity contribution >= 4 is 38.6 Å². The molecule has 1 unspecified atom stereocenters. The summed E-state index contributed by atoms with van der Waals surface area (Å²) in [6.45, 7) is 5.45. The standard InChI is InChI=1S/C13H16BrNS2/c1-3-7-15-12(10-4-5-11(14)17-10)13-9(2)6-8-16-13/h4-6,8,12,15H,3,7H2,1-2H3. The molecule has 0 aliphatic rings. The zero-order valence-electron chi connectivity index (χ0n) is 10.00. The lowest BCUT2D eigenvalue weighted by atomic mass is 10.1. The Labute approximate surface area is 119 Å². The zero-order chi connectivity index (χ0) is 12.3. The first-order valence-electron chi connectivity index (χ1n) is 5.75. The monoisotopic (exact) mass is 329 g/mol. The highest BCUT2D eigenvalue weighted by Gasteiger charge is 2.18. The summed E-state index contributed by atoms with van der Waals surface area (Å²) in [5.41, 5.74) is 1.38. The fourth-order valence-corrected chi connectivity index (χ4v) is 4.38. The molecule has 4 heteroatoms. The van der Waals surface area contributed by atoms with E-state index in [1.165, 1.54) is 19.1 Å². The normalized spacial score (nSPS) is 12.9. The number of thiophene rings is 2. The second kappa shape index (κ2) is 6.14. The Bertz CT molecular complexity index is 475. The first-order valence-corrected chi connectivity index (χ1v) is 8.24. The molecule has 92 valence electrons. The van der Waals surface area contributed by atoms with Gasteiger partial charge < -0.3 is 5.32 Å². The van der Waals surface area contributed by atoms with Gasteiger partial charge in [0.1, 0.15) is 0 Å². The minimum absolute atomic E-state index is 0.353. The SMILES string of the molecule is CCCNC(c1ccc(Br)s1)c1sccc1C. The Morgan fingerprint density at radius 2 is 2.18 bits per heavy atom. The van der Waals surface area contributed by atoms with Gasteiger partial charge in [-0.25, -0.2) is 0 Å². The first kappa shape index (κ1) is 13.3. The summed E-state index contributed by atoms with van der Waals surface area (Å²) in [5.74, 6) is 0. The average Bonchev–Trinajstić information content (AvgIpc) is 2.90.